The van der Waals surface area contributed by atoms with Crippen LogP contribution in [-0.4, -0.2) is 10.5 Å². The van der Waals surface area contributed by atoms with Crippen molar-refractivity contribution >= 4 is 57.0 Å². The second kappa shape index (κ2) is 7.80. The van der Waals surface area contributed by atoms with Gasteiger partial charge in [0.05, 0.1) is 11.4 Å². The molecule has 8 heteroatoms. The van der Waals surface area contributed by atoms with E-state index in [1.165, 1.54) is 0 Å². The number of nitrogens with zero attached hydrogens (tertiary/aromatic N) is 1. The molecule has 0 bridgehead atoms. The second-order valence-corrected chi connectivity index (χ2v) is 6.51. The molecule has 5 nitrogen and oxygen atoms in total. The maximum Gasteiger partial charge on any atom is 0.307 e. The van der Waals surface area contributed by atoms with E-state index in [2.05, 4.69) is 21.2 Å². The number of hydrogen-bond donors (Lipinski definition) is 2. The van der Waals surface area contributed by atoms with E-state index in [9.17, 15) is 9.59 Å². The van der Waals surface area contributed by atoms with Gasteiger partial charge in [-0.2, -0.15) is 0 Å². The Bertz CT molecular complexity index is 742. The van der Waals surface area contributed by atoms with Crippen LogP contribution >= 0.6 is 39.7 Å². The van der Waals surface area contributed by atoms with Crippen molar-refractivity contribution in [2.75, 3.05) is 11.1 Å². The van der Waals surface area contributed by atoms with Crippen molar-refractivity contribution in [3.8, 4) is 0 Å². The summed E-state index contributed by atoms with van der Waals surface area (Å²) in [7, 11) is 0. The van der Waals surface area contributed by atoms with E-state index >= 15 is 0 Å². The predicted molar refractivity (Wildman–Crippen MR) is 97.1 cm³/mol. The van der Waals surface area contributed by atoms with Crippen LogP contribution in [0, 0.1) is 13.8 Å². The number of aromatic nitrogens is 1. The molecule has 0 aliphatic rings. The summed E-state index contributed by atoms with van der Waals surface area (Å²) in [5.41, 5.74) is 8.85. The van der Waals surface area contributed by atoms with Crippen molar-refractivity contribution in [2.24, 2.45) is 0 Å². The second-order valence-electron chi connectivity index (χ2n) is 4.78. The summed E-state index contributed by atoms with van der Waals surface area (Å²) in [6.45, 7) is 4.10. The Morgan fingerprint density at radius 3 is 2.68 bits per heavy atom. The summed E-state index contributed by atoms with van der Waals surface area (Å²) in [5, 5.41) is 4.57. The predicted octanol–water partition coefficient (Wildman–Crippen LogP) is 3.32. The molecule has 2 aromatic rings. The molecule has 3 N–H and O–H groups in total. The molecule has 0 atom stereocenters. The molecular formula is C14H17BrClN3O2S. The van der Waals surface area contributed by atoms with E-state index in [0.29, 0.717) is 17.9 Å². The minimum absolute atomic E-state index is 0. The van der Waals surface area contributed by atoms with E-state index in [1.807, 2.05) is 19.9 Å². The number of aryl methyl sites for hydroxylation is 2. The third-order valence-electron chi connectivity index (χ3n) is 3.16. The number of amides is 1. The van der Waals surface area contributed by atoms with Gasteiger partial charge in [-0.05, 0) is 31.5 Å². The van der Waals surface area contributed by atoms with Crippen molar-refractivity contribution < 1.29 is 4.79 Å². The number of thiazole rings is 1. The molecule has 2 rings (SSSR count). The van der Waals surface area contributed by atoms with Crippen molar-refractivity contribution in [1.82, 2.24) is 4.57 Å². The standard InChI is InChI=1S/C14H16BrN3O2S.ClH/c1-8-5-10(15)6-11(13(8)16)17-12(19)3-4-18-9(2)7-21-14(18)20;/h5-7H,3-4,16H2,1-2H3,(H,17,19);1H. The van der Waals surface area contributed by atoms with Crippen LogP contribution in [0.25, 0.3) is 0 Å². The van der Waals surface area contributed by atoms with Gasteiger partial charge in [0.15, 0.2) is 0 Å². The fraction of sp³-hybridized carbons (Fsp3) is 0.286. The van der Waals surface area contributed by atoms with Gasteiger partial charge in [0.25, 0.3) is 0 Å². The lowest BCUT2D eigenvalue weighted by atomic mass is 10.1. The molecule has 22 heavy (non-hydrogen) atoms. The number of benzene rings is 1. The van der Waals surface area contributed by atoms with Gasteiger partial charge in [0.2, 0.25) is 5.91 Å². The molecule has 0 spiro atoms. The van der Waals surface area contributed by atoms with E-state index in [0.717, 1.165) is 27.1 Å². The zero-order chi connectivity index (χ0) is 15.6. The molecule has 1 aromatic carbocycles. The first-order valence-electron chi connectivity index (χ1n) is 6.39. The molecule has 0 aliphatic carbocycles. The third-order valence-corrected chi connectivity index (χ3v) is 4.50. The summed E-state index contributed by atoms with van der Waals surface area (Å²) < 4.78 is 2.45. The highest BCUT2D eigenvalue weighted by atomic mass is 79.9. The fourth-order valence-electron chi connectivity index (χ4n) is 1.96. The molecule has 0 aliphatic heterocycles. The van der Waals surface area contributed by atoms with Crippen molar-refractivity contribution in [1.29, 1.82) is 0 Å². The number of carbonyl (C=O) groups is 1. The van der Waals surface area contributed by atoms with E-state index in [1.54, 1.807) is 16.0 Å². The number of halogens is 2. The monoisotopic (exact) mass is 405 g/mol. The molecule has 0 fully saturated rings. The maximum absolute atomic E-state index is 12.0. The van der Waals surface area contributed by atoms with Crippen LogP contribution < -0.4 is 15.9 Å². The van der Waals surface area contributed by atoms with Crippen LogP contribution in [0.2, 0.25) is 0 Å². The van der Waals surface area contributed by atoms with E-state index in [-0.39, 0.29) is 29.6 Å². The lowest BCUT2D eigenvalue weighted by Crippen LogP contribution is -2.20. The number of carbonyl (C=O) groups excluding carboxylic acids is 1. The van der Waals surface area contributed by atoms with Crippen molar-refractivity contribution in [2.45, 2.75) is 26.8 Å². The van der Waals surface area contributed by atoms with Gasteiger partial charge >= 0.3 is 4.87 Å². The summed E-state index contributed by atoms with van der Waals surface area (Å²) in [4.78, 5) is 23.5. The summed E-state index contributed by atoms with van der Waals surface area (Å²) in [6, 6.07) is 3.65. The number of nitrogens with one attached hydrogen (secondary N) is 1. The number of anilines is 2. The Morgan fingerprint density at radius 1 is 1.41 bits per heavy atom. The number of nitrogen functional groups attached to an aromatic ring is 1. The van der Waals surface area contributed by atoms with Gasteiger partial charge in [-0.1, -0.05) is 27.3 Å². The summed E-state index contributed by atoms with van der Waals surface area (Å²) in [6.07, 6.45) is 0.225. The van der Waals surface area contributed by atoms with Gasteiger partial charge in [0.1, 0.15) is 0 Å². The summed E-state index contributed by atoms with van der Waals surface area (Å²) >= 11 is 4.52. The lowest BCUT2D eigenvalue weighted by Gasteiger charge is -2.11. The minimum Gasteiger partial charge on any atom is -0.397 e. The zero-order valence-corrected chi connectivity index (χ0v) is 15.4. The summed E-state index contributed by atoms with van der Waals surface area (Å²) in [5.74, 6) is -0.170. The van der Waals surface area contributed by atoms with Crippen LogP contribution in [0.4, 0.5) is 11.4 Å². The maximum atomic E-state index is 12.0. The Balaban J connectivity index is 0.00000242. The zero-order valence-electron chi connectivity index (χ0n) is 12.2. The topological polar surface area (TPSA) is 77.1 Å². The van der Waals surface area contributed by atoms with Gasteiger partial charge < -0.3 is 15.6 Å². The number of nitrogens with two attached hydrogens (primary N) is 1. The van der Waals surface area contributed by atoms with Crippen molar-refractivity contribution in [3.63, 3.8) is 0 Å². The first kappa shape index (κ1) is 18.7. The highest BCUT2D eigenvalue weighted by Gasteiger charge is 2.10. The van der Waals surface area contributed by atoms with Crippen molar-refractivity contribution in [3.05, 3.63) is 42.9 Å². The Labute approximate surface area is 147 Å². The van der Waals surface area contributed by atoms with Gasteiger partial charge in [0, 0.05) is 28.5 Å². The molecule has 120 valence electrons. The SMILES string of the molecule is Cc1cc(Br)cc(NC(=O)CCn2c(C)csc2=O)c1N.Cl. The Kier molecular flexibility index (Phi) is 6.65. The first-order chi connectivity index (χ1) is 9.88. The Hall–Kier alpha value is -1.31. The molecule has 1 heterocycles. The normalized spacial score (nSPS) is 10.1. The average Bonchev–Trinajstić information content (AvgIpc) is 2.72. The quantitative estimate of drug-likeness (QED) is 0.765. The average molecular weight is 407 g/mol. The smallest absolute Gasteiger partial charge is 0.307 e. The minimum atomic E-state index is -0.170. The molecular weight excluding hydrogens is 390 g/mol. The van der Waals surface area contributed by atoms with Crippen LogP contribution in [0.5, 0.6) is 0 Å². The highest BCUT2D eigenvalue weighted by molar-refractivity contribution is 9.10. The number of hydrogen-bond acceptors (Lipinski definition) is 4. The first-order valence-corrected chi connectivity index (χ1v) is 8.06. The molecule has 1 amide bonds. The number of rotatable bonds is 4. The molecule has 0 saturated carbocycles. The van der Waals surface area contributed by atoms with Crippen LogP contribution in [0.1, 0.15) is 17.7 Å². The molecule has 0 saturated heterocycles. The van der Waals surface area contributed by atoms with Crippen LogP contribution in [0.3, 0.4) is 0 Å². The Morgan fingerprint density at radius 2 is 2.09 bits per heavy atom. The fourth-order valence-corrected chi connectivity index (χ4v) is 3.29. The third kappa shape index (κ3) is 4.34. The molecule has 0 radical (unpaired) electrons. The molecule has 1 aromatic heterocycles. The molecule has 0 unspecified atom stereocenters. The van der Waals surface area contributed by atoms with Gasteiger partial charge in [-0.25, -0.2) is 0 Å². The highest BCUT2D eigenvalue weighted by Crippen LogP contribution is 2.27. The van der Waals surface area contributed by atoms with Crippen LogP contribution in [-0.2, 0) is 11.3 Å². The van der Waals surface area contributed by atoms with E-state index < -0.39 is 0 Å². The van der Waals surface area contributed by atoms with E-state index in [4.69, 9.17) is 5.73 Å². The van der Waals surface area contributed by atoms with Gasteiger partial charge in [-0.3, -0.25) is 9.59 Å². The van der Waals surface area contributed by atoms with Crippen LogP contribution in [0.15, 0.2) is 26.8 Å². The van der Waals surface area contributed by atoms with Gasteiger partial charge in [-0.15, -0.1) is 12.4 Å². The largest absolute Gasteiger partial charge is 0.397 e. The lowest BCUT2D eigenvalue weighted by molar-refractivity contribution is -0.116.